The van der Waals surface area contributed by atoms with Gasteiger partial charge in [-0.3, -0.25) is 0 Å². The molecule has 68 valence electrons. The summed E-state index contributed by atoms with van der Waals surface area (Å²) in [6.07, 6.45) is 0. The Morgan fingerprint density at radius 3 is 2.85 bits per heavy atom. The largest absolute Gasteiger partial charge is 0.456 e. The summed E-state index contributed by atoms with van der Waals surface area (Å²) in [5.74, 6) is -0.349. The van der Waals surface area contributed by atoms with Crippen LogP contribution in [0.4, 0.5) is 0 Å². The lowest BCUT2D eigenvalue weighted by molar-refractivity contribution is 0.0530. The first kappa shape index (κ1) is 8.51. The van der Waals surface area contributed by atoms with E-state index < -0.39 is 0 Å². The number of fused-ring (bicyclic) bond motifs is 1. The van der Waals surface area contributed by atoms with E-state index in [4.69, 9.17) is 16.3 Å². The molecule has 4 heteroatoms. The van der Waals surface area contributed by atoms with E-state index in [1.54, 1.807) is 6.92 Å². The minimum atomic E-state index is -0.349. The lowest BCUT2D eigenvalue weighted by atomic mass is 10.1. The summed E-state index contributed by atoms with van der Waals surface area (Å²) in [4.78, 5) is 15.2. The fourth-order valence-electron chi connectivity index (χ4n) is 1.42. The lowest BCUT2D eigenvalue weighted by Gasteiger charge is -2.04. The monoisotopic (exact) mass is 197 g/mol. The molecule has 1 aliphatic rings. The van der Waals surface area contributed by atoms with Crippen molar-refractivity contribution in [1.82, 2.24) is 4.98 Å². The third kappa shape index (κ3) is 1.11. The maximum Gasteiger partial charge on any atom is 0.357 e. The Hall–Kier alpha value is -1.09. The highest BCUT2D eigenvalue weighted by Gasteiger charge is 2.26. The molecular weight excluding hydrogens is 190 g/mol. The standard InChI is InChI=1S/C9H8ClNO2/c1-4-6-3-13-9(12)8(6)11-5(2)7(4)10/h3H2,1-2H3. The minimum absolute atomic E-state index is 0.299. The van der Waals surface area contributed by atoms with E-state index in [0.717, 1.165) is 11.1 Å². The number of esters is 1. The Labute approximate surface area is 80.7 Å². The summed E-state index contributed by atoms with van der Waals surface area (Å²) in [6, 6.07) is 0. The molecule has 0 bridgehead atoms. The van der Waals surface area contributed by atoms with Crippen LogP contribution in [0.1, 0.15) is 27.3 Å². The van der Waals surface area contributed by atoms with Gasteiger partial charge in [-0.25, -0.2) is 9.78 Å². The van der Waals surface area contributed by atoms with Crippen LogP contribution in [0.3, 0.4) is 0 Å². The maximum absolute atomic E-state index is 11.2. The number of rotatable bonds is 0. The van der Waals surface area contributed by atoms with Crippen molar-refractivity contribution in [1.29, 1.82) is 0 Å². The quantitative estimate of drug-likeness (QED) is 0.598. The number of carbonyl (C=O) groups excluding carboxylic acids is 1. The number of cyclic esters (lactones) is 1. The molecule has 0 unspecified atom stereocenters. The molecule has 0 spiro atoms. The molecule has 2 heterocycles. The molecule has 1 aromatic heterocycles. The number of pyridine rings is 1. The second-order valence-corrected chi connectivity index (χ2v) is 3.42. The van der Waals surface area contributed by atoms with Crippen LogP contribution in [0.15, 0.2) is 0 Å². The van der Waals surface area contributed by atoms with Crippen LogP contribution in [-0.4, -0.2) is 11.0 Å². The Balaban J connectivity index is 2.74. The van der Waals surface area contributed by atoms with E-state index in [2.05, 4.69) is 4.98 Å². The van der Waals surface area contributed by atoms with Crippen LogP contribution in [0, 0.1) is 13.8 Å². The topological polar surface area (TPSA) is 39.2 Å². The van der Waals surface area contributed by atoms with Gasteiger partial charge in [0, 0.05) is 5.56 Å². The van der Waals surface area contributed by atoms with Gasteiger partial charge in [0.05, 0.1) is 10.7 Å². The third-order valence-corrected chi connectivity index (χ3v) is 2.76. The number of aryl methyl sites for hydroxylation is 1. The van der Waals surface area contributed by atoms with Crippen LogP contribution >= 0.6 is 11.6 Å². The van der Waals surface area contributed by atoms with Gasteiger partial charge in [-0.15, -0.1) is 0 Å². The average Bonchev–Trinajstić information content (AvgIpc) is 2.45. The van der Waals surface area contributed by atoms with E-state index in [1.165, 1.54) is 0 Å². The minimum Gasteiger partial charge on any atom is -0.456 e. The van der Waals surface area contributed by atoms with Gasteiger partial charge in [0.15, 0.2) is 5.69 Å². The smallest absolute Gasteiger partial charge is 0.357 e. The molecule has 0 atom stereocenters. The maximum atomic E-state index is 11.2. The van der Waals surface area contributed by atoms with E-state index in [-0.39, 0.29) is 5.97 Å². The van der Waals surface area contributed by atoms with Gasteiger partial charge < -0.3 is 4.74 Å². The highest BCUT2D eigenvalue weighted by molar-refractivity contribution is 6.32. The van der Waals surface area contributed by atoms with Gasteiger partial charge in [-0.2, -0.15) is 0 Å². The molecule has 0 saturated heterocycles. The van der Waals surface area contributed by atoms with Crippen molar-refractivity contribution in [2.45, 2.75) is 20.5 Å². The van der Waals surface area contributed by atoms with E-state index in [1.807, 2.05) is 6.92 Å². The molecule has 0 aromatic carbocycles. The number of aromatic nitrogens is 1. The summed E-state index contributed by atoms with van der Waals surface area (Å²) in [7, 11) is 0. The number of halogens is 1. The zero-order valence-corrected chi connectivity index (χ0v) is 8.10. The molecule has 13 heavy (non-hydrogen) atoms. The lowest BCUT2D eigenvalue weighted by Crippen LogP contribution is -2.01. The second kappa shape index (κ2) is 2.70. The van der Waals surface area contributed by atoms with Gasteiger partial charge >= 0.3 is 5.97 Å². The van der Waals surface area contributed by atoms with Crippen LogP contribution in [0.2, 0.25) is 5.02 Å². The average molecular weight is 198 g/mol. The van der Waals surface area contributed by atoms with Crippen molar-refractivity contribution < 1.29 is 9.53 Å². The molecule has 0 aliphatic carbocycles. The summed E-state index contributed by atoms with van der Waals surface area (Å²) < 4.78 is 4.85. The summed E-state index contributed by atoms with van der Waals surface area (Å²) in [6.45, 7) is 3.95. The number of hydrogen-bond acceptors (Lipinski definition) is 3. The highest BCUT2D eigenvalue weighted by atomic mass is 35.5. The van der Waals surface area contributed by atoms with Gasteiger partial charge in [0.1, 0.15) is 6.61 Å². The van der Waals surface area contributed by atoms with Gasteiger partial charge in [0.2, 0.25) is 0 Å². The molecule has 0 fully saturated rings. The molecule has 1 aromatic rings. The van der Waals surface area contributed by atoms with Gasteiger partial charge in [0.25, 0.3) is 0 Å². The van der Waals surface area contributed by atoms with E-state index >= 15 is 0 Å². The Morgan fingerprint density at radius 1 is 1.46 bits per heavy atom. The van der Waals surface area contributed by atoms with Crippen molar-refractivity contribution in [2.75, 3.05) is 0 Å². The summed E-state index contributed by atoms with van der Waals surface area (Å²) in [5, 5.41) is 0.622. The fourth-order valence-corrected chi connectivity index (χ4v) is 1.57. The molecule has 2 rings (SSSR count). The fraction of sp³-hybridized carbons (Fsp3) is 0.333. The van der Waals surface area contributed by atoms with Crippen LogP contribution in [0.5, 0.6) is 0 Å². The second-order valence-electron chi connectivity index (χ2n) is 3.04. The number of hydrogen-bond donors (Lipinski definition) is 0. The van der Waals surface area contributed by atoms with Gasteiger partial charge in [-0.1, -0.05) is 11.6 Å². The predicted molar refractivity (Wildman–Crippen MR) is 47.8 cm³/mol. The van der Waals surface area contributed by atoms with Crippen molar-refractivity contribution >= 4 is 17.6 Å². The summed E-state index contributed by atoms with van der Waals surface area (Å²) in [5.41, 5.74) is 2.81. The van der Waals surface area contributed by atoms with E-state index in [9.17, 15) is 4.79 Å². The van der Waals surface area contributed by atoms with Crippen molar-refractivity contribution in [3.63, 3.8) is 0 Å². The Bertz CT molecular complexity index is 401. The SMILES string of the molecule is Cc1nc2c(c(C)c1Cl)COC2=O. The Kier molecular flexibility index (Phi) is 1.77. The predicted octanol–water partition coefficient (Wildman–Crippen LogP) is 2.02. The van der Waals surface area contributed by atoms with Crippen molar-refractivity contribution in [3.05, 3.63) is 27.5 Å². The zero-order valence-electron chi connectivity index (χ0n) is 7.35. The van der Waals surface area contributed by atoms with Crippen LogP contribution < -0.4 is 0 Å². The molecular formula is C9H8ClNO2. The normalized spacial score (nSPS) is 14.2. The summed E-state index contributed by atoms with van der Waals surface area (Å²) >= 11 is 5.98. The molecule has 0 N–H and O–H groups in total. The zero-order chi connectivity index (χ0) is 9.59. The molecule has 3 nitrogen and oxygen atoms in total. The number of carbonyl (C=O) groups is 1. The highest BCUT2D eigenvalue weighted by Crippen LogP contribution is 2.28. The number of ether oxygens (including phenoxy) is 1. The van der Waals surface area contributed by atoms with Crippen LogP contribution in [0.25, 0.3) is 0 Å². The van der Waals surface area contributed by atoms with Gasteiger partial charge in [-0.05, 0) is 19.4 Å². The van der Waals surface area contributed by atoms with Crippen LogP contribution in [-0.2, 0) is 11.3 Å². The Morgan fingerprint density at radius 2 is 2.15 bits per heavy atom. The molecule has 1 aliphatic heterocycles. The first-order valence-corrected chi connectivity index (χ1v) is 4.31. The third-order valence-electron chi connectivity index (χ3n) is 2.21. The first-order chi connectivity index (χ1) is 6.11. The van der Waals surface area contributed by atoms with Crippen molar-refractivity contribution in [3.8, 4) is 0 Å². The molecule has 0 radical (unpaired) electrons. The molecule has 0 saturated carbocycles. The van der Waals surface area contributed by atoms with E-state index in [0.29, 0.717) is 23.0 Å². The number of nitrogens with zero attached hydrogens (tertiary/aromatic N) is 1. The first-order valence-electron chi connectivity index (χ1n) is 3.94. The van der Waals surface area contributed by atoms with Crippen molar-refractivity contribution in [2.24, 2.45) is 0 Å². The molecule has 0 amide bonds.